The average molecular weight is 254 g/mol. The van der Waals surface area contributed by atoms with Gasteiger partial charge in [0.1, 0.15) is 11.7 Å². The van der Waals surface area contributed by atoms with Gasteiger partial charge in [0, 0.05) is 5.92 Å². The van der Waals surface area contributed by atoms with Gasteiger partial charge in [0.15, 0.2) is 0 Å². The summed E-state index contributed by atoms with van der Waals surface area (Å²) in [6.45, 7) is 8.50. The summed E-state index contributed by atoms with van der Waals surface area (Å²) in [6, 6.07) is 0. The summed E-state index contributed by atoms with van der Waals surface area (Å²) in [5, 5.41) is 0. The van der Waals surface area contributed by atoms with Crippen LogP contribution in [0.1, 0.15) is 59.8 Å². The van der Waals surface area contributed by atoms with Crippen LogP contribution in [0.3, 0.4) is 0 Å². The lowest BCUT2D eigenvalue weighted by Gasteiger charge is -2.34. The van der Waals surface area contributed by atoms with E-state index in [1.165, 1.54) is 0 Å². The van der Waals surface area contributed by atoms with Crippen LogP contribution >= 0.6 is 0 Å². The predicted octanol–water partition coefficient (Wildman–Crippen LogP) is 3.36. The first-order valence-electron chi connectivity index (χ1n) is 7.11. The minimum atomic E-state index is -0.545. The van der Waals surface area contributed by atoms with Crippen LogP contribution in [0.5, 0.6) is 0 Å². The fraction of sp³-hybridized carbons (Fsp3) is 0.867. The van der Waals surface area contributed by atoms with Crippen molar-refractivity contribution in [2.75, 3.05) is 6.61 Å². The topological polar surface area (TPSA) is 43.4 Å². The van der Waals surface area contributed by atoms with Gasteiger partial charge in [-0.1, -0.05) is 20.8 Å². The van der Waals surface area contributed by atoms with Crippen molar-refractivity contribution < 1.29 is 14.3 Å². The molecule has 0 heterocycles. The van der Waals surface area contributed by atoms with Gasteiger partial charge in [-0.15, -0.1) is 0 Å². The summed E-state index contributed by atoms with van der Waals surface area (Å²) >= 11 is 0. The normalized spacial score (nSPS) is 21.3. The maximum absolute atomic E-state index is 12.4. The van der Waals surface area contributed by atoms with Gasteiger partial charge in [-0.2, -0.15) is 0 Å². The van der Waals surface area contributed by atoms with E-state index in [9.17, 15) is 9.59 Å². The van der Waals surface area contributed by atoms with E-state index in [4.69, 9.17) is 4.74 Å². The summed E-state index contributed by atoms with van der Waals surface area (Å²) in [5.74, 6) is -0.718. The first-order valence-corrected chi connectivity index (χ1v) is 7.11. The third-order valence-corrected chi connectivity index (χ3v) is 4.06. The molecule has 0 spiro atoms. The lowest BCUT2D eigenvalue weighted by atomic mass is 9.70. The molecule has 1 aliphatic rings. The number of carbonyl (C=O) groups excluding carboxylic acids is 2. The Hall–Kier alpha value is -0.860. The van der Waals surface area contributed by atoms with E-state index in [1.807, 2.05) is 6.92 Å². The average Bonchev–Trinajstić information content (AvgIpc) is 2.30. The van der Waals surface area contributed by atoms with Crippen LogP contribution in [0.2, 0.25) is 0 Å². The molecule has 1 unspecified atom stereocenters. The summed E-state index contributed by atoms with van der Waals surface area (Å²) in [5.41, 5.74) is 0.350. The lowest BCUT2D eigenvalue weighted by molar-refractivity contribution is -0.153. The zero-order valence-corrected chi connectivity index (χ0v) is 12.1. The highest BCUT2D eigenvalue weighted by atomic mass is 16.5. The van der Waals surface area contributed by atoms with Crippen LogP contribution in [0, 0.1) is 17.3 Å². The molecule has 18 heavy (non-hydrogen) atoms. The molecule has 3 heteroatoms. The number of Topliss-reactive ketones (excluding diaryl/α,β-unsaturated/α-hetero) is 1. The third kappa shape index (κ3) is 3.82. The fourth-order valence-corrected chi connectivity index (χ4v) is 2.70. The van der Waals surface area contributed by atoms with Gasteiger partial charge < -0.3 is 4.74 Å². The molecular formula is C15H26O3. The highest BCUT2D eigenvalue weighted by molar-refractivity contribution is 6.00. The Balaban J connectivity index is 2.60. The van der Waals surface area contributed by atoms with Gasteiger partial charge >= 0.3 is 5.97 Å². The molecule has 0 radical (unpaired) electrons. The molecule has 0 bridgehead atoms. The van der Waals surface area contributed by atoms with Crippen LogP contribution < -0.4 is 0 Å². The van der Waals surface area contributed by atoms with E-state index in [0.717, 1.165) is 25.7 Å². The molecule has 0 saturated heterocycles. The molecule has 0 N–H and O–H groups in total. The van der Waals surface area contributed by atoms with Crippen molar-refractivity contribution >= 4 is 11.8 Å². The molecule has 1 saturated carbocycles. The molecule has 1 atom stereocenters. The molecule has 1 rings (SSSR count). The standard InChI is InChI=1S/C15H26O3/c1-5-12(14(17)18-6-2)13(16)11-7-9-15(3,4)10-8-11/h11-12H,5-10H2,1-4H3. The van der Waals surface area contributed by atoms with E-state index < -0.39 is 5.92 Å². The van der Waals surface area contributed by atoms with Crippen LogP contribution in [-0.4, -0.2) is 18.4 Å². The van der Waals surface area contributed by atoms with E-state index in [1.54, 1.807) is 6.92 Å². The van der Waals surface area contributed by atoms with Crippen molar-refractivity contribution in [1.29, 1.82) is 0 Å². The van der Waals surface area contributed by atoms with Gasteiger partial charge in [-0.3, -0.25) is 9.59 Å². The molecule has 1 fully saturated rings. The number of hydrogen-bond donors (Lipinski definition) is 0. The van der Waals surface area contributed by atoms with Gasteiger partial charge in [0.25, 0.3) is 0 Å². The smallest absolute Gasteiger partial charge is 0.316 e. The van der Waals surface area contributed by atoms with Gasteiger partial charge in [0.05, 0.1) is 6.61 Å². The van der Waals surface area contributed by atoms with E-state index in [-0.39, 0.29) is 17.7 Å². The Morgan fingerprint density at radius 3 is 2.22 bits per heavy atom. The molecule has 0 aromatic rings. The summed E-state index contributed by atoms with van der Waals surface area (Å²) in [4.78, 5) is 24.1. The zero-order chi connectivity index (χ0) is 13.8. The van der Waals surface area contributed by atoms with Crippen molar-refractivity contribution in [3.8, 4) is 0 Å². The second kappa shape index (κ2) is 6.35. The number of esters is 1. The Morgan fingerprint density at radius 1 is 1.22 bits per heavy atom. The monoisotopic (exact) mass is 254 g/mol. The number of carbonyl (C=O) groups is 2. The number of rotatable bonds is 5. The SMILES string of the molecule is CCOC(=O)C(CC)C(=O)C1CCC(C)(C)CC1. The molecule has 0 amide bonds. The molecule has 104 valence electrons. The summed E-state index contributed by atoms with van der Waals surface area (Å²) in [6.07, 6.45) is 4.53. The van der Waals surface area contributed by atoms with Crippen LogP contribution in [0.25, 0.3) is 0 Å². The highest BCUT2D eigenvalue weighted by Gasteiger charge is 2.36. The van der Waals surface area contributed by atoms with E-state index >= 15 is 0 Å². The lowest BCUT2D eigenvalue weighted by Crippen LogP contribution is -2.34. The van der Waals surface area contributed by atoms with E-state index in [2.05, 4.69) is 13.8 Å². The van der Waals surface area contributed by atoms with E-state index in [0.29, 0.717) is 18.4 Å². The van der Waals surface area contributed by atoms with Gasteiger partial charge in [-0.05, 0) is 44.4 Å². The largest absolute Gasteiger partial charge is 0.465 e. The second-order valence-corrected chi connectivity index (χ2v) is 6.05. The molecule has 0 aliphatic heterocycles. The maximum Gasteiger partial charge on any atom is 0.316 e. The Kier molecular flexibility index (Phi) is 5.36. The number of ketones is 1. The van der Waals surface area contributed by atoms with Crippen molar-refractivity contribution in [3.63, 3.8) is 0 Å². The van der Waals surface area contributed by atoms with Gasteiger partial charge in [0.2, 0.25) is 0 Å². The zero-order valence-electron chi connectivity index (χ0n) is 12.1. The van der Waals surface area contributed by atoms with Crippen molar-refractivity contribution in [2.45, 2.75) is 59.8 Å². The molecule has 0 aromatic heterocycles. The highest BCUT2D eigenvalue weighted by Crippen LogP contribution is 2.39. The Morgan fingerprint density at radius 2 is 1.78 bits per heavy atom. The quantitative estimate of drug-likeness (QED) is 0.558. The minimum Gasteiger partial charge on any atom is -0.465 e. The second-order valence-electron chi connectivity index (χ2n) is 6.05. The third-order valence-electron chi connectivity index (χ3n) is 4.06. The Bertz CT molecular complexity index is 297. The molecule has 1 aliphatic carbocycles. The number of hydrogen-bond acceptors (Lipinski definition) is 3. The Labute approximate surface area is 110 Å². The summed E-state index contributed by atoms with van der Waals surface area (Å²) < 4.78 is 4.99. The first kappa shape index (κ1) is 15.2. The van der Waals surface area contributed by atoms with Crippen molar-refractivity contribution in [1.82, 2.24) is 0 Å². The van der Waals surface area contributed by atoms with Crippen LogP contribution in [-0.2, 0) is 14.3 Å². The van der Waals surface area contributed by atoms with Crippen LogP contribution in [0.4, 0.5) is 0 Å². The fourth-order valence-electron chi connectivity index (χ4n) is 2.70. The molecular weight excluding hydrogens is 228 g/mol. The molecule has 0 aromatic carbocycles. The summed E-state index contributed by atoms with van der Waals surface area (Å²) in [7, 11) is 0. The van der Waals surface area contributed by atoms with Crippen molar-refractivity contribution in [3.05, 3.63) is 0 Å². The van der Waals surface area contributed by atoms with Gasteiger partial charge in [-0.25, -0.2) is 0 Å². The maximum atomic E-state index is 12.4. The minimum absolute atomic E-state index is 0.0624. The van der Waals surface area contributed by atoms with Crippen molar-refractivity contribution in [2.24, 2.45) is 17.3 Å². The first-order chi connectivity index (χ1) is 8.41. The predicted molar refractivity (Wildman–Crippen MR) is 71.2 cm³/mol. The van der Waals surface area contributed by atoms with Crippen LogP contribution in [0.15, 0.2) is 0 Å². The molecule has 3 nitrogen and oxygen atoms in total. The number of ether oxygens (including phenoxy) is 1.